The van der Waals surface area contributed by atoms with Crippen LogP contribution in [0, 0.1) is 5.82 Å². The van der Waals surface area contributed by atoms with Crippen molar-refractivity contribution in [1.29, 1.82) is 0 Å². The van der Waals surface area contributed by atoms with Gasteiger partial charge in [-0.15, -0.1) is 0 Å². The Labute approximate surface area is 130 Å². The van der Waals surface area contributed by atoms with Crippen LogP contribution in [0.1, 0.15) is 5.56 Å². The largest absolute Gasteiger partial charge is 0.304 e. The maximum atomic E-state index is 13.1. The van der Waals surface area contributed by atoms with E-state index in [1.165, 1.54) is 18.2 Å². The van der Waals surface area contributed by atoms with Crippen LogP contribution in [-0.4, -0.2) is 4.57 Å². The molecular weight excluding hydrogens is 309 g/mol. The third-order valence-electron chi connectivity index (χ3n) is 3.21. The molecule has 0 fully saturated rings. The van der Waals surface area contributed by atoms with Crippen LogP contribution in [0.15, 0.2) is 58.0 Å². The highest BCUT2D eigenvalue weighted by Crippen LogP contribution is 2.23. The van der Waals surface area contributed by atoms with Crippen LogP contribution in [0.5, 0.6) is 0 Å². The smallest absolute Gasteiger partial charge is 0.251 e. The lowest BCUT2D eigenvalue weighted by atomic mass is 10.1. The summed E-state index contributed by atoms with van der Waals surface area (Å²) in [7, 11) is 0. The molecule has 0 saturated heterocycles. The number of pyridine rings is 1. The summed E-state index contributed by atoms with van der Waals surface area (Å²) in [4.78, 5) is 12.2. The summed E-state index contributed by atoms with van der Waals surface area (Å²) < 4.78 is 14.8. The van der Waals surface area contributed by atoms with Crippen molar-refractivity contribution in [3.05, 3.63) is 80.0 Å². The number of aromatic nitrogens is 1. The second-order valence-corrected chi connectivity index (χ2v) is 5.77. The lowest BCUT2D eigenvalue weighted by molar-refractivity contribution is 0.626. The molecule has 21 heavy (non-hydrogen) atoms. The molecule has 0 atom stereocenters. The molecule has 0 N–H and O–H groups in total. The lowest BCUT2D eigenvalue weighted by Crippen LogP contribution is -2.21. The van der Waals surface area contributed by atoms with E-state index in [0.29, 0.717) is 17.1 Å². The van der Waals surface area contributed by atoms with E-state index >= 15 is 0 Å². The van der Waals surface area contributed by atoms with Gasteiger partial charge in [-0.1, -0.05) is 23.7 Å². The molecule has 0 aliphatic heterocycles. The van der Waals surface area contributed by atoms with Crippen molar-refractivity contribution in [1.82, 2.24) is 4.57 Å². The van der Waals surface area contributed by atoms with E-state index in [-0.39, 0.29) is 11.4 Å². The van der Waals surface area contributed by atoms with Gasteiger partial charge in [-0.25, -0.2) is 4.39 Å². The van der Waals surface area contributed by atoms with Crippen molar-refractivity contribution in [3.63, 3.8) is 0 Å². The van der Waals surface area contributed by atoms with Crippen LogP contribution in [-0.2, 0) is 6.54 Å². The molecule has 0 aliphatic carbocycles. The van der Waals surface area contributed by atoms with Crippen LogP contribution in [0.4, 0.5) is 4.39 Å². The average Bonchev–Trinajstić information content (AvgIpc) is 2.97. The van der Waals surface area contributed by atoms with Crippen molar-refractivity contribution in [2.24, 2.45) is 0 Å². The number of hydrogen-bond acceptors (Lipinski definition) is 2. The number of nitrogens with zero attached hydrogens (tertiary/aromatic N) is 1. The molecular formula is C16H11ClFNOS. The van der Waals surface area contributed by atoms with Gasteiger partial charge in [0.2, 0.25) is 0 Å². The van der Waals surface area contributed by atoms with E-state index in [1.807, 2.05) is 22.9 Å². The molecule has 0 saturated carbocycles. The quantitative estimate of drug-likeness (QED) is 0.700. The molecule has 0 aliphatic rings. The number of benzene rings is 1. The third kappa shape index (κ3) is 2.91. The van der Waals surface area contributed by atoms with Gasteiger partial charge in [0.1, 0.15) is 5.82 Å². The normalized spacial score (nSPS) is 10.8. The van der Waals surface area contributed by atoms with Crippen molar-refractivity contribution in [2.75, 3.05) is 0 Å². The lowest BCUT2D eigenvalue weighted by Gasteiger charge is -2.12. The Morgan fingerprint density at radius 1 is 1.19 bits per heavy atom. The van der Waals surface area contributed by atoms with Crippen LogP contribution in [0.3, 0.4) is 0 Å². The Balaban J connectivity index is 2.08. The fourth-order valence-electron chi connectivity index (χ4n) is 2.17. The molecule has 5 heteroatoms. The molecule has 3 aromatic rings. The van der Waals surface area contributed by atoms with Gasteiger partial charge >= 0.3 is 0 Å². The van der Waals surface area contributed by atoms with Crippen molar-refractivity contribution in [2.45, 2.75) is 6.54 Å². The highest BCUT2D eigenvalue weighted by atomic mass is 35.5. The second kappa shape index (κ2) is 5.84. The Morgan fingerprint density at radius 2 is 2.05 bits per heavy atom. The topological polar surface area (TPSA) is 22.0 Å². The zero-order chi connectivity index (χ0) is 14.8. The maximum absolute atomic E-state index is 13.1. The first kappa shape index (κ1) is 14.0. The standard InChI is InChI=1S/C16H11ClFNOS/c17-14-8-13(18)5-4-11(14)9-19-15(2-1-3-16(19)20)12-6-7-21-10-12/h1-8,10H,9H2. The number of hydrogen-bond donors (Lipinski definition) is 0. The minimum Gasteiger partial charge on any atom is -0.304 e. The average molecular weight is 320 g/mol. The highest BCUT2D eigenvalue weighted by Gasteiger charge is 2.09. The van der Waals surface area contributed by atoms with Crippen LogP contribution in [0.25, 0.3) is 11.3 Å². The summed E-state index contributed by atoms with van der Waals surface area (Å²) >= 11 is 7.63. The van der Waals surface area contributed by atoms with Gasteiger partial charge in [0.05, 0.1) is 12.2 Å². The van der Waals surface area contributed by atoms with Gasteiger partial charge in [0.15, 0.2) is 0 Å². The molecule has 3 rings (SSSR count). The first-order chi connectivity index (χ1) is 10.1. The van der Waals surface area contributed by atoms with E-state index in [9.17, 15) is 9.18 Å². The third-order valence-corrected chi connectivity index (χ3v) is 4.25. The van der Waals surface area contributed by atoms with Gasteiger partial charge in [0.25, 0.3) is 5.56 Å². The fraction of sp³-hybridized carbons (Fsp3) is 0.0625. The summed E-state index contributed by atoms with van der Waals surface area (Å²) in [6, 6.07) is 11.3. The Bertz CT molecular complexity index is 827. The molecule has 1 aromatic carbocycles. The molecule has 2 heterocycles. The van der Waals surface area contributed by atoms with E-state index in [1.54, 1.807) is 28.0 Å². The molecule has 0 amide bonds. The minimum atomic E-state index is -0.387. The molecule has 106 valence electrons. The monoisotopic (exact) mass is 319 g/mol. The first-order valence-electron chi connectivity index (χ1n) is 6.31. The molecule has 0 unspecified atom stereocenters. The van der Waals surface area contributed by atoms with E-state index in [4.69, 9.17) is 11.6 Å². The highest BCUT2D eigenvalue weighted by molar-refractivity contribution is 7.08. The Kier molecular flexibility index (Phi) is 3.90. The zero-order valence-corrected chi connectivity index (χ0v) is 12.5. The molecule has 2 nitrogen and oxygen atoms in total. The maximum Gasteiger partial charge on any atom is 0.251 e. The summed E-state index contributed by atoms with van der Waals surface area (Å²) in [5.74, 6) is -0.387. The van der Waals surface area contributed by atoms with Crippen LogP contribution < -0.4 is 5.56 Å². The summed E-state index contributed by atoms with van der Waals surface area (Å²) in [6.07, 6.45) is 0. The fourth-order valence-corrected chi connectivity index (χ4v) is 3.04. The van der Waals surface area contributed by atoms with E-state index in [2.05, 4.69) is 0 Å². The Hall–Kier alpha value is -1.91. The van der Waals surface area contributed by atoms with E-state index in [0.717, 1.165) is 11.3 Å². The van der Waals surface area contributed by atoms with Crippen molar-refractivity contribution in [3.8, 4) is 11.3 Å². The molecule has 2 aromatic heterocycles. The summed E-state index contributed by atoms with van der Waals surface area (Å²) in [5.41, 5.74) is 2.40. The van der Waals surface area contributed by atoms with Crippen LogP contribution >= 0.6 is 22.9 Å². The molecule has 0 spiro atoms. The summed E-state index contributed by atoms with van der Waals surface area (Å²) in [5, 5.41) is 4.27. The van der Waals surface area contributed by atoms with Gasteiger partial charge < -0.3 is 4.57 Å². The molecule has 0 radical (unpaired) electrons. The minimum absolute atomic E-state index is 0.112. The predicted octanol–water partition coefficient (Wildman–Crippen LogP) is 4.42. The SMILES string of the molecule is O=c1cccc(-c2ccsc2)n1Cc1ccc(F)cc1Cl. The van der Waals surface area contributed by atoms with Gasteiger partial charge in [-0.3, -0.25) is 4.79 Å². The first-order valence-corrected chi connectivity index (χ1v) is 7.63. The second-order valence-electron chi connectivity index (χ2n) is 4.58. The van der Waals surface area contributed by atoms with Crippen molar-refractivity contribution < 1.29 is 4.39 Å². The summed E-state index contributed by atoms with van der Waals surface area (Å²) in [6.45, 7) is 0.309. The zero-order valence-electron chi connectivity index (χ0n) is 10.9. The van der Waals surface area contributed by atoms with Crippen molar-refractivity contribution >= 4 is 22.9 Å². The Morgan fingerprint density at radius 3 is 2.76 bits per heavy atom. The van der Waals surface area contributed by atoms with E-state index < -0.39 is 0 Å². The van der Waals surface area contributed by atoms with Crippen LogP contribution in [0.2, 0.25) is 5.02 Å². The number of rotatable bonds is 3. The van der Waals surface area contributed by atoms with Gasteiger partial charge in [0, 0.05) is 22.0 Å². The number of halogens is 2. The predicted molar refractivity (Wildman–Crippen MR) is 84.5 cm³/mol. The molecule has 0 bridgehead atoms. The van der Waals surface area contributed by atoms with Gasteiger partial charge in [-0.2, -0.15) is 11.3 Å². The number of thiophene rings is 1. The van der Waals surface area contributed by atoms with Gasteiger partial charge in [-0.05, 0) is 35.2 Å².